The summed E-state index contributed by atoms with van der Waals surface area (Å²) in [6, 6.07) is 0. The second-order valence-electron chi connectivity index (χ2n) is 8.11. The zero-order chi connectivity index (χ0) is 23.2. The summed E-state index contributed by atoms with van der Waals surface area (Å²) in [5.41, 5.74) is 0.313. The van der Waals surface area contributed by atoms with Crippen molar-refractivity contribution in [2.45, 2.75) is 111 Å². The summed E-state index contributed by atoms with van der Waals surface area (Å²) in [7, 11) is -3.65. The highest BCUT2D eigenvalue weighted by Crippen LogP contribution is 2.49. The molecule has 0 heterocycles. The first-order valence-corrected chi connectivity index (χ1v) is 13.8. The predicted octanol–water partition coefficient (Wildman–Crippen LogP) is 7.76. The van der Waals surface area contributed by atoms with Gasteiger partial charge in [0.1, 0.15) is 6.61 Å². The first-order valence-electron chi connectivity index (χ1n) is 12.3. The van der Waals surface area contributed by atoms with E-state index < -0.39 is 13.8 Å². The highest BCUT2D eigenvalue weighted by atomic mass is 31.2. The summed E-state index contributed by atoms with van der Waals surface area (Å²) < 4.78 is 34.3. The zero-order valence-electron chi connectivity index (χ0n) is 20.3. The Bertz CT molecular complexity index is 470. The fourth-order valence-electron chi connectivity index (χ4n) is 2.99. The van der Waals surface area contributed by atoms with Gasteiger partial charge in [0, 0.05) is 5.57 Å². The molecule has 0 atom stereocenters. The quantitative estimate of drug-likeness (QED) is 0.0668. The number of hydrogen-bond acceptors (Lipinski definition) is 6. The Balaban J connectivity index is 4.19. The van der Waals surface area contributed by atoms with E-state index in [1.165, 1.54) is 51.4 Å². The second-order valence-corrected chi connectivity index (χ2v) is 9.77. The summed E-state index contributed by atoms with van der Waals surface area (Å²) in [5, 5.41) is 0. The van der Waals surface area contributed by atoms with Crippen molar-refractivity contribution in [3.63, 3.8) is 0 Å². The average Bonchev–Trinajstić information content (AvgIpc) is 2.75. The molecule has 0 bridgehead atoms. The van der Waals surface area contributed by atoms with Crippen molar-refractivity contribution in [1.29, 1.82) is 0 Å². The van der Waals surface area contributed by atoms with Gasteiger partial charge in [-0.1, -0.05) is 97.5 Å². The maximum Gasteiger partial charge on any atom is 0.474 e. The SMILES string of the molecule is C=C(C)C(=O)OCCOP(=O)(OCCCCCCCCC)OCCCCCCCCC. The molecule has 0 saturated heterocycles. The van der Waals surface area contributed by atoms with E-state index in [2.05, 4.69) is 20.4 Å². The number of esters is 1. The lowest BCUT2D eigenvalue weighted by molar-refractivity contribution is -0.139. The Morgan fingerprint density at radius 3 is 1.45 bits per heavy atom. The molecule has 0 amide bonds. The Labute approximate surface area is 191 Å². The molecule has 0 aliphatic rings. The van der Waals surface area contributed by atoms with Crippen molar-refractivity contribution in [3.8, 4) is 0 Å². The number of phosphoric ester groups is 1. The Morgan fingerprint density at radius 2 is 1.03 bits per heavy atom. The van der Waals surface area contributed by atoms with Crippen molar-refractivity contribution in [3.05, 3.63) is 12.2 Å². The van der Waals surface area contributed by atoms with Crippen molar-refractivity contribution < 1.29 is 27.7 Å². The zero-order valence-corrected chi connectivity index (χ0v) is 21.2. The van der Waals surface area contributed by atoms with E-state index in [0.29, 0.717) is 18.8 Å². The third kappa shape index (κ3) is 19.7. The molecule has 0 spiro atoms. The van der Waals surface area contributed by atoms with Gasteiger partial charge in [0.05, 0.1) is 19.8 Å². The van der Waals surface area contributed by atoms with Crippen LogP contribution in [0.2, 0.25) is 0 Å². The Hall–Kier alpha value is -0.680. The normalized spacial score (nSPS) is 11.6. The van der Waals surface area contributed by atoms with Gasteiger partial charge in [-0.05, 0) is 19.8 Å². The third-order valence-electron chi connectivity index (χ3n) is 4.91. The van der Waals surface area contributed by atoms with Gasteiger partial charge < -0.3 is 4.74 Å². The molecule has 0 aliphatic carbocycles. The molecular formula is C24H47O6P. The summed E-state index contributed by atoms with van der Waals surface area (Å²) in [5.74, 6) is -0.494. The average molecular weight is 463 g/mol. The molecule has 0 rings (SSSR count). The van der Waals surface area contributed by atoms with Gasteiger partial charge in [0.2, 0.25) is 0 Å². The van der Waals surface area contributed by atoms with Gasteiger partial charge in [-0.2, -0.15) is 0 Å². The molecule has 0 fully saturated rings. The molecule has 0 aromatic carbocycles. The fourth-order valence-corrected chi connectivity index (χ4v) is 4.22. The van der Waals surface area contributed by atoms with Crippen LogP contribution >= 0.6 is 7.82 Å². The Morgan fingerprint density at radius 1 is 0.645 bits per heavy atom. The molecule has 6 nitrogen and oxygen atoms in total. The molecular weight excluding hydrogens is 415 g/mol. The molecule has 0 aromatic rings. The number of ether oxygens (including phenoxy) is 1. The summed E-state index contributed by atoms with van der Waals surface area (Å²) >= 11 is 0. The second kappa shape index (κ2) is 21.2. The molecule has 0 aliphatic heterocycles. The van der Waals surface area contributed by atoms with E-state index >= 15 is 0 Å². The van der Waals surface area contributed by atoms with Crippen LogP contribution in [0.1, 0.15) is 111 Å². The number of carbonyl (C=O) groups excluding carboxylic acids is 1. The minimum atomic E-state index is -3.65. The van der Waals surface area contributed by atoms with E-state index in [-0.39, 0.29) is 13.2 Å². The highest BCUT2D eigenvalue weighted by molar-refractivity contribution is 7.48. The van der Waals surface area contributed by atoms with Crippen LogP contribution in [-0.2, 0) is 27.7 Å². The van der Waals surface area contributed by atoms with Gasteiger partial charge in [0.15, 0.2) is 0 Å². The van der Waals surface area contributed by atoms with E-state index in [4.69, 9.17) is 18.3 Å². The van der Waals surface area contributed by atoms with Gasteiger partial charge >= 0.3 is 13.8 Å². The lowest BCUT2D eigenvalue weighted by Crippen LogP contribution is -2.12. The fraction of sp³-hybridized carbons (Fsp3) is 0.875. The van der Waals surface area contributed by atoms with Crippen molar-refractivity contribution in [2.24, 2.45) is 0 Å². The number of rotatable bonds is 23. The van der Waals surface area contributed by atoms with Crippen molar-refractivity contribution >= 4 is 13.8 Å². The van der Waals surface area contributed by atoms with Crippen LogP contribution < -0.4 is 0 Å². The molecule has 0 radical (unpaired) electrons. The number of hydrogen-bond donors (Lipinski definition) is 0. The monoisotopic (exact) mass is 462 g/mol. The van der Waals surface area contributed by atoms with E-state index in [0.717, 1.165) is 38.5 Å². The third-order valence-corrected chi connectivity index (χ3v) is 6.41. The minimum Gasteiger partial charge on any atom is -0.460 e. The van der Waals surface area contributed by atoms with Crippen molar-refractivity contribution in [2.75, 3.05) is 26.4 Å². The van der Waals surface area contributed by atoms with Crippen LogP contribution in [0, 0.1) is 0 Å². The summed E-state index contributed by atoms with van der Waals surface area (Å²) in [4.78, 5) is 11.4. The van der Waals surface area contributed by atoms with E-state index in [9.17, 15) is 9.36 Å². The molecule has 0 unspecified atom stereocenters. The topological polar surface area (TPSA) is 71.1 Å². The molecule has 0 aromatic heterocycles. The van der Waals surface area contributed by atoms with Crippen LogP contribution in [0.15, 0.2) is 12.2 Å². The van der Waals surface area contributed by atoms with Crippen LogP contribution in [0.5, 0.6) is 0 Å². The smallest absolute Gasteiger partial charge is 0.460 e. The first kappa shape index (κ1) is 30.3. The van der Waals surface area contributed by atoms with Gasteiger partial charge in [-0.15, -0.1) is 0 Å². The van der Waals surface area contributed by atoms with Crippen LogP contribution in [0.25, 0.3) is 0 Å². The standard InChI is InChI=1S/C24H47O6P/c1-5-7-9-11-13-15-17-19-28-31(26,30-22-21-27-24(25)23(3)4)29-20-18-16-14-12-10-8-6-2/h3,5-22H2,1-2,4H3. The van der Waals surface area contributed by atoms with Crippen LogP contribution in [0.4, 0.5) is 0 Å². The van der Waals surface area contributed by atoms with Crippen LogP contribution in [-0.4, -0.2) is 32.4 Å². The van der Waals surface area contributed by atoms with E-state index in [1.807, 2.05) is 0 Å². The molecule has 0 saturated carbocycles. The van der Waals surface area contributed by atoms with Crippen molar-refractivity contribution in [1.82, 2.24) is 0 Å². The summed E-state index contributed by atoms with van der Waals surface area (Å²) in [6.45, 7) is 10.1. The molecule has 0 N–H and O–H groups in total. The summed E-state index contributed by atoms with van der Waals surface area (Å²) in [6.07, 6.45) is 16.1. The first-order chi connectivity index (χ1) is 14.9. The molecule has 7 heteroatoms. The molecule has 184 valence electrons. The Kier molecular flexibility index (Phi) is 20.7. The number of carbonyl (C=O) groups is 1. The van der Waals surface area contributed by atoms with Gasteiger partial charge in [-0.25, -0.2) is 9.36 Å². The predicted molar refractivity (Wildman–Crippen MR) is 127 cm³/mol. The number of phosphoric acid groups is 1. The van der Waals surface area contributed by atoms with Gasteiger partial charge in [-0.3, -0.25) is 13.6 Å². The maximum absolute atomic E-state index is 12.9. The van der Waals surface area contributed by atoms with E-state index in [1.54, 1.807) is 6.92 Å². The van der Waals surface area contributed by atoms with Crippen LogP contribution in [0.3, 0.4) is 0 Å². The minimum absolute atomic E-state index is 0.0166. The largest absolute Gasteiger partial charge is 0.474 e. The molecule has 31 heavy (non-hydrogen) atoms. The number of unbranched alkanes of at least 4 members (excludes halogenated alkanes) is 12. The maximum atomic E-state index is 12.9. The lowest BCUT2D eigenvalue weighted by atomic mass is 10.1. The highest BCUT2D eigenvalue weighted by Gasteiger charge is 2.26. The van der Waals surface area contributed by atoms with Gasteiger partial charge in [0.25, 0.3) is 0 Å². The lowest BCUT2D eigenvalue weighted by Gasteiger charge is -2.18.